The van der Waals surface area contributed by atoms with Crippen molar-refractivity contribution in [2.24, 2.45) is 0 Å². The highest BCUT2D eigenvalue weighted by molar-refractivity contribution is 6.04. The van der Waals surface area contributed by atoms with E-state index in [1.807, 2.05) is 0 Å². The van der Waals surface area contributed by atoms with Gasteiger partial charge < -0.3 is 4.90 Å². The van der Waals surface area contributed by atoms with Crippen LogP contribution in [0.3, 0.4) is 0 Å². The van der Waals surface area contributed by atoms with Crippen molar-refractivity contribution < 1.29 is 0 Å². The van der Waals surface area contributed by atoms with E-state index in [2.05, 4.69) is 213 Å². The predicted molar refractivity (Wildman–Crippen MR) is 256 cm³/mol. The molecule has 1 heteroatoms. The molecule has 0 heterocycles. The smallest absolute Gasteiger partial charge is 0.0540 e. The van der Waals surface area contributed by atoms with E-state index in [-0.39, 0.29) is 5.41 Å². The summed E-state index contributed by atoms with van der Waals surface area (Å²) in [6.07, 6.45) is 6.50. The number of para-hydroxylation sites is 1. The summed E-state index contributed by atoms with van der Waals surface area (Å²) in [6, 6.07) is 72.6. The van der Waals surface area contributed by atoms with Crippen molar-refractivity contribution in [1.82, 2.24) is 0 Å². The van der Waals surface area contributed by atoms with E-state index >= 15 is 0 Å². The lowest BCUT2D eigenvalue weighted by Gasteiger charge is -2.29. The summed E-state index contributed by atoms with van der Waals surface area (Å²) in [7, 11) is 0. The SMILES string of the molecule is CC1(C)c2ccccc2-c2c(-c3ccc(N(c4cccc(-c5cccc6ccccc56)c4)c4ccccc4-c4cccc5cccc(C6CCCCC6)c45)cc3)cccc21. The average Bonchev–Trinajstić information content (AvgIpc) is 3.55. The second kappa shape index (κ2) is 14.8. The van der Waals surface area contributed by atoms with Crippen LogP contribution >= 0.6 is 0 Å². The molecule has 1 fully saturated rings. The van der Waals surface area contributed by atoms with Gasteiger partial charge >= 0.3 is 0 Å². The van der Waals surface area contributed by atoms with E-state index in [9.17, 15) is 0 Å². The van der Waals surface area contributed by atoms with Crippen LogP contribution in [-0.2, 0) is 5.41 Å². The van der Waals surface area contributed by atoms with Crippen LogP contribution in [0.5, 0.6) is 0 Å². The third kappa shape index (κ3) is 6.06. The van der Waals surface area contributed by atoms with Gasteiger partial charge in [-0.05, 0) is 126 Å². The number of benzene rings is 9. The van der Waals surface area contributed by atoms with Gasteiger partial charge in [0.05, 0.1) is 5.69 Å². The summed E-state index contributed by atoms with van der Waals surface area (Å²) in [5, 5.41) is 5.24. The monoisotopic (exact) mass is 771 g/mol. The molecular formula is C59H49N. The van der Waals surface area contributed by atoms with Gasteiger partial charge in [-0.15, -0.1) is 0 Å². The molecule has 2 aliphatic carbocycles. The van der Waals surface area contributed by atoms with Gasteiger partial charge in [-0.3, -0.25) is 0 Å². The third-order valence-corrected chi connectivity index (χ3v) is 13.7. The number of hydrogen-bond donors (Lipinski definition) is 0. The first-order valence-corrected chi connectivity index (χ1v) is 21.9. The van der Waals surface area contributed by atoms with Crippen LogP contribution in [0.15, 0.2) is 194 Å². The van der Waals surface area contributed by atoms with Gasteiger partial charge in [-0.25, -0.2) is 0 Å². The molecule has 0 saturated heterocycles. The maximum atomic E-state index is 2.49. The zero-order valence-corrected chi connectivity index (χ0v) is 34.5. The Bertz CT molecular complexity index is 3040. The largest absolute Gasteiger partial charge is 0.310 e. The summed E-state index contributed by atoms with van der Waals surface area (Å²) in [5.74, 6) is 0.591. The first-order valence-electron chi connectivity index (χ1n) is 21.9. The molecule has 9 aromatic rings. The lowest BCUT2D eigenvalue weighted by Crippen LogP contribution is -2.14. The van der Waals surface area contributed by atoms with Crippen molar-refractivity contribution in [3.63, 3.8) is 0 Å². The highest BCUT2D eigenvalue weighted by Crippen LogP contribution is 2.52. The molecule has 0 spiro atoms. The Kier molecular flexibility index (Phi) is 9.00. The van der Waals surface area contributed by atoms with Crippen LogP contribution < -0.4 is 4.90 Å². The molecule has 60 heavy (non-hydrogen) atoms. The molecule has 0 amide bonds. The Labute approximate surface area is 354 Å². The van der Waals surface area contributed by atoms with Gasteiger partial charge in [-0.2, -0.15) is 0 Å². The summed E-state index contributed by atoms with van der Waals surface area (Å²) in [5.41, 5.74) is 17.9. The van der Waals surface area contributed by atoms with Crippen molar-refractivity contribution in [2.45, 2.75) is 57.3 Å². The Morgan fingerprint density at radius 3 is 1.90 bits per heavy atom. The maximum Gasteiger partial charge on any atom is 0.0540 e. The fourth-order valence-corrected chi connectivity index (χ4v) is 10.7. The van der Waals surface area contributed by atoms with E-state index in [0.29, 0.717) is 5.92 Å². The van der Waals surface area contributed by atoms with E-state index in [1.54, 1.807) is 0 Å². The fraction of sp³-hybridized carbons (Fsp3) is 0.153. The van der Waals surface area contributed by atoms with Crippen molar-refractivity contribution >= 4 is 38.6 Å². The standard InChI is InChI=1S/C59H49N/c1-59(2)54-32-10-8-27-53(54)58-50(30-16-33-55(58)59)42-35-37-45(38-36-42)60(46-24-12-23-44(39-46)48-28-13-20-40-19-6-7-25-47(40)48)56-34-11-9-26-51(56)52-31-15-22-43-21-14-29-49(57(43)52)41-17-4-3-5-18-41/h6-16,19-39,41H,3-5,17-18H2,1-2H3. The maximum absolute atomic E-state index is 2.49. The van der Waals surface area contributed by atoms with Gasteiger partial charge in [0.25, 0.3) is 0 Å². The van der Waals surface area contributed by atoms with Crippen LogP contribution in [0.2, 0.25) is 0 Å². The molecule has 0 bridgehead atoms. The lowest BCUT2D eigenvalue weighted by molar-refractivity contribution is 0.445. The Morgan fingerprint density at radius 2 is 1.05 bits per heavy atom. The minimum Gasteiger partial charge on any atom is -0.310 e. The average molecular weight is 772 g/mol. The fourth-order valence-electron chi connectivity index (χ4n) is 10.7. The van der Waals surface area contributed by atoms with Gasteiger partial charge in [0.15, 0.2) is 0 Å². The van der Waals surface area contributed by atoms with Crippen molar-refractivity contribution in [3.8, 4) is 44.5 Å². The molecule has 290 valence electrons. The first kappa shape index (κ1) is 36.4. The van der Waals surface area contributed by atoms with Crippen LogP contribution in [0.4, 0.5) is 17.1 Å². The molecule has 1 nitrogen and oxygen atoms in total. The van der Waals surface area contributed by atoms with E-state index in [1.165, 1.54) is 121 Å². The molecule has 0 radical (unpaired) electrons. The topological polar surface area (TPSA) is 3.24 Å². The third-order valence-electron chi connectivity index (χ3n) is 13.7. The minimum absolute atomic E-state index is 0.0457. The molecule has 9 aromatic carbocycles. The van der Waals surface area contributed by atoms with Crippen LogP contribution in [0.1, 0.15) is 68.6 Å². The number of fused-ring (bicyclic) bond motifs is 5. The predicted octanol–water partition coefficient (Wildman–Crippen LogP) is 16.8. The molecule has 1 saturated carbocycles. The van der Waals surface area contributed by atoms with Gasteiger partial charge in [0.2, 0.25) is 0 Å². The molecule has 11 rings (SSSR count). The lowest BCUT2D eigenvalue weighted by atomic mass is 9.80. The van der Waals surface area contributed by atoms with Crippen molar-refractivity contribution in [2.75, 3.05) is 4.90 Å². The van der Waals surface area contributed by atoms with Crippen molar-refractivity contribution in [3.05, 3.63) is 211 Å². The Balaban J connectivity index is 1.10. The molecule has 0 N–H and O–H groups in total. The molecular weight excluding hydrogens is 723 g/mol. The Hall–Kier alpha value is -6.70. The zero-order chi connectivity index (χ0) is 40.2. The minimum atomic E-state index is -0.0457. The summed E-state index contributed by atoms with van der Waals surface area (Å²) >= 11 is 0. The summed E-state index contributed by atoms with van der Waals surface area (Å²) in [4.78, 5) is 2.49. The molecule has 0 aliphatic heterocycles. The molecule has 0 unspecified atom stereocenters. The summed E-state index contributed by atoms with van der Waals surface area (Å²) < 4.78 is 0. The quantitative estimate of drug-likeness (QED) is 0.156. The van der Waals surface area contributed by atoms with E-state index in [0.717, 1.165) is 11.4 Å². The number of hydrogen-bond acceptors (Lipinski definition) is 1. The number of nitrogens with zero attached hydrogens (tertiary/aromatic N) is 1. The van der Waals surface area contributed by atoms with Crippen molar-refractivity contribution in [1.29, 1.82) is 0 Å². The first-order chi connectivity index (χ1) is 29.5. The van der Waals surface area contributed by atoms with Gasteiger partial charge in [-0.1, -0.05) is 197 Å². The highest BCUT2D eigenvalue weighted by atomic mass is 15.1. The normalized spacial score (nSPS) is 14.6. The van der Waals surface area contributed by atoms with E-state index in [4.69, 9.17) is 0 Å². The Morgan fingerprint density at radius 1 is 0.433 bits per heavy atom. The molecule has 2 aliphatic rings. The number of anilines is 3. The van der Waals surface area contributed by atoms with E-state index < -0.39 is 0 Å². The molecule has 0 atom stereocenters. The van der Waals surface area contributed by atoms with Crippen LogP contribution in [0, 0.1) is 0 Å². The highest BCUT2D eigenvalue weighted by Gasteiger charge is 2.36. The van der Waals surface area contributed by atoms with Crippen LogP contribution in [-0.4, -0.2) is 0 Å². The molecule has 0 aromatic heterocycles. The van der Waals surface area contributed by atoms with Crippen LogP contribution in [0.25, 0.3) is 66.1 Å². The van der Waals surface area contributed by atoms with Gasteiger partial charge in [0, 0.05) is 22.4 Å². The zero-order valence-electron chi connectivity index (χ0n) is 34.5. The second-order valence-electron chi connectivity index (χ2n) is 17.5. The number of rotatable bonds is 7. The second-order valence-corrected chi connectivity index (χ2v) is 17.5. The summed E-state index contributed by atoms with van der Waals surface area (Å²) in [6.45, 7) is 4.72. The van der Waals surface area contributed by atoms with Gasteiger partial charge in [0.1, 0.15) is 0 Å².